The van der Waals surface area contributed by atoms with Crippen LogP contribution in [0.5, 0.6) is 0 Å². The van der Waals surface area contributed by atoms with Gasteiger partial charge in [0, 0.05) is 19.5 Å². The van der Waals surface area contributed by atoms with Crippen LogP contribution < -0.4 is 0 Å². The fraction of sp³-hybridized carbons (Fsp3) is 0.909. The third-order valence-corrected chi connectivity index (χ3v) is 1.84. The summed E-state index contributed by atoms with van der Waals surface area (Å²) in [7, 11) is 0. The molecular formula is C11H24NO2Zn-. The molecule has 0 radical (unpaired) electrons. The maximum Gasteiger partial charge on any atom is 0.290 e. The molecule has 3 nitrogen and oxygen atoms in total. The molecule has 0 atom stereocenters. The van der Waals surface area contributed by atoms with Gasteiger partial charge in [-0.3, -0.25) is 4.79 Å². The van der Waals surface area contributed by atoms with Crippen molar-refractivity contribution in [2.24, 2.45) is 0 Å². The van der Waals surface area contributed by atoms with Crippen LogP contribution in [0, 0.1) is 0 Å². The first-order chi connectivity index (χ1) is 6.83. The number of hydrogen-bond acceptors (Lipinski definition) is 1. The smallest absolute Gasteiger partial charge is 0.290 e. The maximum atomic E-state index is 8.36. The van der Waals surface area contributed by atoms with E-state index in [4.69, 9.17) is 9.90 Å². The Kier molecular flexibility index (Phi) is 32.3. The zero-order valence-corrected chi connectivity index (χ0v) is 13.2. The molecule has 0 saturated heterocycles. The number of carboxylic acid groups (broad SMARTS) is 1. The van der Waals surface area contributed by atoms with Gasteiger partial charge in [-0.05, 0) is 0 Å². The minimum absolute atomic E-state index is 0. The quantitative estimate of drug-likeness (QED) is 0.416. The van der Waals surface area contributed by atoms with E-state index < -0.39 is 0 Å². The molecule has 0 bridgehead atoms. The molecule has 88 valence electrons. The number of unbranched alkanes of at least 4 members (excludes halogenated alkanes) is 4. The van der Waals surface area contributed by atoms with E-state index >= 15 is 0 Å². The first-order valence-electron chi connectivity index (χ1n) is 5.54. The Balaban J connectivity index is -0.000000320. The summed E-state index contributed by atoms with van der Waals surface area (Å²) in [5.74, 6) is 0. The van der Waals surface area contributed by atoms with Gasteiger partial charge in [0.25, 0.3) is 6.47 Å². The molecule has 0 saturated carbocycles. The summed E-state index contributed by atoms with van der Waals surface area (Å²) in [6.07, 6.45) is 7.90. The van der Waals surface area contributed by atoms with Crippen LogP contribution in [0.25, 0.3) is 5.32 Å². The van der Waals surface area contributed by atoms with Crippen molar-refractivity contribution in [3.63, 3.8) is 0 Å². The molecule has 0 amide bonds. The monoisotopic (exact) mass is 266 g/mol. The van der Waals surface area contributed by atoms with Gasteiger partial charge in [0.15, 0.2) is 0 Å². The summed E-state index contributed by atoms with van der Waals surface area (Å²) in [6, 6.07) is 0. The van der Waals surface area contributed by atoms with E-state index in [0.29, 0.717) is 0 Å². The number of carbonyl (C=O) groups is 1. The van der Waals surface area contributed by atoms with E-state index in [1.807, 2.05) is 0 Å². The Morgan fingerprint density at radius 2 is 1.33 bits per heavy atom. The number of nitrogens with zero attached hydrogens (tertiary/aromatic N) is 1. The molecule has 4 heteroatoms. The zero-order chi connectivity index (χ0) is 11.1. The standard InChI is InChI=1S/C10H22N.CH2O2.Zn/c1-3-5-7-9-11-10-8-6-4-2;2-1-3;/h3-10H2,1-2H3;1H,(H,2,3);/q-1;;. The largest absolute Gasteiger partial charge is 0.662 e. The minimum atomic E-state index is -0.250. The van der Waals surface area contributed by atoms with Gasteiger partial charge < -0.3 is 10.4 Å². The van der Waals surface area contributed by atoms with E-state index in [2.05, 4.69) is 19.2 Å². The third-order valence-electron chi connectivity index (χ3n) is 1.84. The van der Waals surface area contributed by atoms with E-state index in [1.54, 1.807) is 0 Å². The molecule has 15 heavy (non-hydrogen) atoms. The van der Waals surface area contributed by atoms with Crippen molar-refractivity contribution >= 4 is 6.47 Å². The van der Waals surface area contributed by atoms with Crippen molar-refractivity contribution in [2.75, 3.05) is 13.1 Å². The molecule has 1 N–H and O–H groups in total. The molecule has 0 heterocycles. The van der Waals surface area contributed by atoms with Gasteiger partial charge in [0.2, 0.25) is 0 Å². The van der Waals surface area contributed by atoms with Gasteiger partial charge in [-0.25, -0.2) is 0 Å². The molecule has 0 aliphatic rings. The van der Waals surface area contributed by atoms with Crippen LogP contribution in [0.2, 0.25) is 0 Å². The SMILES string of the molecule is CCCCC[N-]CCCCC.O=CO.[Zn]. The molecule has 0 fully saturated rings. The minimum Gasteiger partial charge on any atom is -0.662 e. The fourth-order valence-corrected chi connectivity index (χ4v) is 1.06. The molecular weight excluding hydrogens is 244 g/mol. The van der Waals surface area contributed by atoms with Gasteiger partial charge in [-0.15, -0.1) is 13.1 Å². The second kappa shape index (κ2) is 23.7. The Morgan fingerprint density at radius 1 is 1.00 bits per heavy atom. The number of hydrogen-bond donors (Lipinski definition) is 1. The van der Waals surface area contributed by atoms with E-state index in [1.165, 1.54) is 38.5 Å². The van der Waals surface area contributed by atoms with Crippen LogP contribution in [0.15, 0.2) is 0 Å². The summed E-state index contributed by atoms with van der Waals surface area (Å²) in [6.45, 7) is 6.41. The van der Waals surface area contributed by atoms with Crippen molar-refractivity contribution in [3.8, 4) is 0 Å². The van der Waals surface area contributed by atoms with Gasteiger partial charge in [0.05, 0.1) is 0 Å². The van der Waals surface area contributed by atoms with Crippen LogP contribution >= 0.6 is 0 Å². The van der Waals surface area contributed by atoms with Crippen LogP contribution in [0.4, 0.5) is 0 Å². The van der Waals surface area contributed by atoms with Gasteiger partial charge in [-0.2, -0.15) is 0 Å². The third kappa shape index (κ3) is 31.5. The van der Waals surface area contributed by atoms with Crippen molar-refractivity contribution in [1.82, 2.24) is 0 Å². The maximum absolute atomic E-state index is 8.36. The molecule has 0 rings (SSSR count). The molecule has 0 aliphatic carbocycles. The first kappa shape index (κ1) is 20.5. The van der Waals surface area contributed by atoms with E-state index in [-0.39, 0.29) is 26.0 Å². The Morgan fingerprint density at radius 3 is 1.60 bits per heavy atom. The average molecular weight is 268 g/mol. The number of rotatable bonds is 8. The summed E-state index contributed by atoms with van der Waals surface area (Å²) in [5, 5.41) is 11.3. The van der Waals surface area contributed by atoms with Crippen molar-refractivity contribution < 1.29 is 29.4 Å². The van der Waals surface area contributed by atoms with Crippen molar-refractivity contribution in [1.29, 1.82) is 0 Å². The van der Waals surface area contributed by atoms with Crippen LogP contribution in [-0.2, 0) is 24.3 Å². The summed E-state index contributed by atoms with van der Waals surface area (Å²) in [5.41, 5.74) is 0. The molecule has 0 aromatic carbocycles. The zero-order valence-electron chi connectivity index (χ0n) is 10.2. The Labute approximate surface area is 107 Å². The summed E-state index contributed by atoms with van der Waals surface area (Å²) >= 11 is 0. The van der Waals surface area contributed by atoms with Crippen LogP contribution in [0.1, 0.15) is 52.4 Å². The fourth-order valence-electron chi connectivity index (χ4n) is 1.06. The summed E-state index contributed by atoms with van der Waals surface area (Å²) in [4.78, 5) is 8.36. The second-order valence-electron chi connectivity index (χ2n) is 3.19. The topological polar surface area (TPSA) is 51.4 Å². The van der Waals surface area contributed by atoms with E-state index in [9.17, 15) is 0 Å². The molecule has 0 unspecified atom stereocenters. The molecule has 0 aromatic rings. The van der Waals surface area contributed by atoms with Crippen molar-refractivity contribution in [3.05, 3.63) is 5.32 Å². The molecule has 0 spiro atoms. The van der Waals surface area contributed by atoms with Gasteiger partial charge in [-0.1, -0.05) is 52.4 Å². The predicted molar refractivity (Wildman–Crippen MR) is 60.8 cm³/mol. The molecule has 0 aliphatic heterocycles. The molecule has 0 aromatic heterocycles. The predicted octanol–water partition coefficient (Wildman–Crippen LogP) is 3.44. The van der Waals surface area contributed by atoms with Gasteiger partial charge >= 0.3 is 0 Å². The second-order valence-corrected chi connectivity index (χ2v) is 3.19. The van der Waals surface area contributed by atoms with Crippen LogP contribution in [-0.4, -0.2) is 24.7 Å². The first-order valence-corrected chi connectivity index (χ1v) is 5.54. The normalized spacial score (nSPS) is 8.40. The summed E-state index contributed by atoms with van der Waals surface area (Å²) < 4.78 is 0. The van der Waals surface area contributed by atoms with Crippen molar-refractivity contribution in [2.45, 2.75) is 52.4 Å². The Bertz CT molecular complexity index is 94.6. The van der Waals surface area contributed by atoms with E-state index in [0.717, 1.165) is 13.1 Å². The average Bonchev–Trinajstić information content (AvgIpc) is 2.18. The Hall–Kier alpha value is 0.0534. The van der Waals surface area contributed by atoms with Gasteiger partial charge in [0.1, 0.15) is 0 Å². The van der Waals surface area contributed by atoms with Crippen LogP contribution in [0.3, 0.4) is 0 Å².